The molecule has 5 heteroatoms. The molecule has 150 valence electrons. The lowest BCUT2D eigenvalue weighted by Gasteiger charge is -2.15. The van der Waals surface area contributed by atoms with E-state index in [0.29, 0.717) is 30.6 Å². The van der Waals surface area contributed by atoms with Gasteiger partial charge >= 0.3 is 0 Å². The molecule has 3 aromatic rings. The van der Waals surface area contributed by atoms with Gasteiger partial charge in [0.15, 0.2) is 0 Å². The zero-order chi connectivity index (χ0) is 20.2. The van der Waals surface area contributed by atoms with E-state index in [1.54, 1.807) is 0 Å². The number of benzene rings is 2. The quantitative estimate of drug-likeness (QED) is 0.582. The van der Waals surface area contributed by atoms with E-state index in [9.17, 15) is 4.79 Å². The van der Waals surface area contributed by atoms with Crippen LogP contribution in [0.15, 0.2) is 59.1 Å². The molecule has 1 fully saturated rings. The number of rotatable bonds is 7. The van der Waals surface area contributed by atoms with E-state index < -0.39 is 0 Å². The van der Waals surface area contributed by atoms with Gasteiger partial charge in [-0.1, -0.05) is 73.6 Å². The number of likely N-dealkylation sites (tertiary alicyclic amines) is 1. The molecule has 0 N–H and O–H groups in total. The molecule has 0 spiro atoms. The van der Waals surface area contributed by atoms with E-state index in [-0.39, 0.29) is 11.8 Å². The standard InChI is InChI=1S/C24H27N3O2/c1-17(2)19-10-12-20(13-11-19)23-25-24(29-26-23)21-15-22(28)27(16-21)14-6-9-18-7-4-3-5-8-18/h3-5,7-8,10-13,17,21H,6,9,14-16H2,1-2H3. The number of aryl methyl sites for hydroxylation is 1. The van der Waals surface area contributed by atoms with Gasteiger partial charge in [-0.05, 0) is 29.9 Å². The summed E-state index contributed by atoms with van der Waals surface area (Å²) in [5.74, 6) is 1.79. The maximum Gasteiger partial charge on any atom is 0.232 e. The van der Waals surface area contributed by atoms with Crippen LogP contribution in [0.4, 0.5) is 0 Å². The number of carbonyl (C=O) groups excluding carboxylic acids is 1. The summed E-state index contributed by atoms with van der Waals surface area (Å²) in [5, 5.41) is 4.14. The monoisotopic (exact) mass is 389 g/mol. The summed E-state index contributed by atoms with van der Waals surface area (Å²) >= 11 is 0. The lowest BCUT2D eigenvalue weighted by atomic mass is 10.0. The average Bonchev–Trinajstić information content (AvgIpc) is 3.36. The van der Waals surface area contributed by atoms with Crippen molar-refractivity contribution >= 4 is 5.91 Å². The first-order chi connectivity index (χ1) is 14.1. The Hall–Kier alpha value is -2.95. The zero-order valence-electron chi connectivity index (χ0n) is 17.0. The third-order valence-electron chi connectivity index (χ3n) is 5.58. The molecule has 5 nitrogen and oxygen atoms in total. The Bertz CT molecular complexity index is 948. The molecule has 1 aromatic heterocycles. The number of aromatic nitrogens is 2. The predicted octanol–water partition coefficient (Wildman–Crippen LogP) is 4.81. The van der Waals surface area contributed by atoms with Gasteiger partial charge in [0.1, 0.15) is 0 Å². The van der Waals surface area contributed by atoms with Crippen LogP contribution in [0.5, 0.6) is 0 Å². The van der Waals surface area contributed by atoms with Crippen molar-refractivity contribution in [3.05, 3.63) is 71.6 Å². The van der Waals surface area contributed by atoms with Crippen molar-refractivity contribution in [2.75, 3.05) is 13.1 Å². The summed E-state index contributed by atoms with van der Waals surface area (Å²) in [6.45, 7) is 5.76. The van der Waals surface area contributed by atoms with Gasteiger partial charge in [0.05, 0.1) is 5.92 Å². The fraction of sp³-hybridized carbons (Fsp3) is 0.375. The van der Waals surface area contributed by atoms with Crippen molar-refractivity contribution in [2.45, 2.75) is 44.9 Å². The maximum absolute atomic E-state index is 12.4. The number of hydrogen-bond donors (Lipinski definition) is 0. The third kappa shape index (κ3) is 4.56. The molecule has 0 aliphatic carbocycles. The molecule has 0 radical (unpaired) electrons. The smallest absolute Gasteiger partial charge is 0.232 e. The molecule has 1 atom stereocenters. The molecule has 1 unspecified atom stereocenters. The lowest BCUT2D eigenvalue weighted by Crippen LogP contribution is -2.26. The third-order valence-corrected chi connectivity index (χ3v) is 5.58. The summed E-state index contributed by atoms with van der Waals surface area (Å²) in [6, 6.07) is 18.6. The first-order valence-corrected chi connectivity index (χ1v) is 10.4. The first-order valence-electron chi connectivity index (χ1n) is 10.4. The number of nitrogens with zero attached hydrogens (tertiary/aromatic N) is 3. The molecule has 0 bridgehead atoms. The maximum atomic E-state index is 12.4. The van der Waals surface area contributed by atoms with Gasteiger partial charge in [-0.15, -0.1) is 0 Å². The molecule has 2 aromatic carbocycles. The highest BCUT2D eigenvalue weighted by Gasteiger charge is 2.34. The first kappa shape index (κ1) is 19.4. The van der Waals surface area contributed by atoms with Crippen LogP contribution in [-0.2, 0) is 11.2 Å². The second-order valence-electron chi connectivity index (χ2n) is 8.06. The van der Waals surface area contributed by atoms with Crippen LogP contribution >= 0.6 is 0 Å². The molecular weight excluding hydrogens is 362 g/mol. The van der Waals surface area contributed by atoms with Gasteiger partial charge in [-0.25, -0.2) is 0 Å². The van der Waals surface area contributed by atoms with Crippen LogP contribution in [0.3, 0.4) is 0 Å². The Morgan fingerprint density at radius 3 is 2.59 bits per heavy atom. The lowest BCUT2D eigenvalue weighted by molar-refractivity contribution is -0.127. The summed E-state index contributed by atoms with van der Waals surface area (Å²) in [5.41, 5.74) is 3.53. The van der Waals surface area contributed by atoms with Crippen molar-refractivity contribution in [2.24, 2.45) is 0 Å². The molecule has 29 heavy (non-hydrogen) atoms. The topological polar surface area (TPSA) is 59.2 Å². The van der Waals surface area contributed by atoms with Gasteiger partial charge in [0.25, 0.3) is 0 Å². The largest absolute Gasteiger partial charge is 0.342 e. The highest BCUT2D eigenvalue weighted by molar-refractivity contribution is 5.79. The molecule has 4 rings (SSSR count). The van der Waals surface area contributed by atoms with Crippen LogP contribution in [0.1, 0.15) is 55.5 Å². The number of amides is 1. The Kier molecular flexibility index (Phi) is 5.74. The number of carbonyl (C=O) groups is 1. The molecule has 1 amide bonds. The van der Waals surface area contributed by atoms with Crippen LogP contribution in [0, 0.1) is 0 Å². The fourth-order valence-electron chi connectivity index (χ4n) is 3.81. The number of hydrogen-bond acceptors (Lipinski definition) is 4. The fourth-order valence-corrected chi connectivity index (χ4v) is 3.81. The van der Waals surface area contributed by atoms with Crippen molar-refractivity contribution in [1.82, 2.24) is 15.0 Å². The average molecular weight is 389 g/mol. The van der Waals surface area contributed by atoms with Gasteiger partial charge in [0, 0.05) is 25.1 Å². The summed E-state index contributed by atoms with van der Waals surface area (Å²) in [7, 11) is 0. The van der Waals surface area contributed by atoms with Crippen molar-refractivity contribution in [3.8, 4) is 11.4 Å². The highest BCUT2D eigenvalue weighted by atomic mass is 16.5. The Morgan fingerprint density at radius 2 is 1.86 bits per heavy atom. The van der Waals surface area contributed by atoms with Crippen molar-refractivity contribution < 1.29 is 9.32 Å². The molecule has 1 aliphatic heterocycles. The van der Waals surface area contributed by atoms with Crippen LogP contribution in [0.25, 0.3) is 11.4 Å². The SMILES string of the molecule is CC(C)c1ccc(-c2noc(C3CC(=O)N(CCCc4ccccc4)C3)n2)cc1. The molecule has 0 saturated carbocycles. The van der Waals surface area contributed by atoms with E-state index in [1.165, 1.54) is 11.1 Å². The second-order valence-corrected chi connectivity index (χ2v) is 8.06. The summed E-state index contributed by atoms with van der Waals surface area (Å²) in [6.07, 6.45) is 2.38. The van der Waals surface area contributed by atoms with E-state index in [4.69, 9.17) is 4.52 Å². The van der Waals surface area contributed by atoms with Gasteiger partial charge < -0.3 is 9.42 Å². The van der Waals surface area contributed by atoms with E-state index in [2.05, 4.69) is 60.4 Å². The minimum absolute atomic E-state index is 0.0181. The van der Waals surface area contributed by atoms with Crippen LogP contribution < -0.4 is 0 Å². The Balaban J connectivity index is 1.35. The van der Waals surface area contributed by atoms with Crippen molar-refractivity contribution in [3.63, 3.8) is 0 Å². The van der Waals surface area contributed by atoms with E-state index in [0.717, 1.165) is 24.9 Å². The van der Waals surface area contributed by atoms with Gasteiger partial charge in [-0.2, -0.15) is 4.98 Å². The van der Waals surface area contributed by atoms with Crippen LogP contribution in [0.2, 0.25) is 0 Å². The summed E-state index contributed by atoms with van der Waals surface area (Å²) < 4.78 is 5.51. The Morgan fingerprint density at radius 1 is 1.10 bits per heavy atom. The van der Waals surface area contributed by atoms with Crippen LogP contribution in [-0.4, -0.2) is 34.0 Å². The molecule has 2 heterocycles. The van der Waals surface area contributed by atoms with Crippen molar-refractivity contribution in [1.29, 1.82) is 0 Å². The van der Waals surface area contributed by atoms with E-state index >= 15 is 0 Å². The molecule has 1 aliphatic rings. The molecular formula is C24H27N3O2. The van der Waals surface area contributed by atoms with Gasteiger partial charge in [-0.3, -0.25) is 4.79 Å². The van der Waals surface area contributed by atoms with E-state index in [1.807, 2.05) is 23.1 Å². The highest BCUT2D eigenvalue weighted by Crippen LogP contribution is 2.29. The zero-order valence-corrected chi connectivity index (χ0v) is 17.0. The minimum Gasteiger partial charge on any atom is -0.342 e. The second kappa shape index (κ2) is 8.60. The Labute approximate surface area is 171 Å². The predicted molar refractivity (Wildman–Crippen MR) is 113 cm³/mol. The molecule has 1 saturated heterocycles. The van der Waals surface area contributed by atoms with Gasteiger partial charge in [0.2, 0.25) is 17.6 Å². The summed E-state index contributed by atoms with van der Waals surface area (Å²) in [4.78, 5) is 18.9. The normalized spacial score (nSPS) is 16.7. The minimum atomic E-state index is -0.0181.